The Kier molecular flexibility index (Phi) is 4.79. The number of amides is 2. The van der Waals surface area contributed by atoms with Crippen LogP contribution in [-0.4, -0.2) is 65.2 Å². The molecule has 2 N–H and O–H groups in total. The van der Waals surface area contributed by atoms with Gasteiger partial charge in [0, 0.05) is 31.8 Å². The van der Waals surface area contributed by atoms with E-state index < -0.39 is 24.4 Å². The van der Waals surface area contributed by atoms with Gasteiger partial charge in [0.05, 0.1) is 30.8 Å². The highest BCUT2D eigenvalue weighted by Crippen LogP contribution is 2.34. The molecule has 0 bridgehead atoms. The highest BCUT2D eigenvalue weighted by atomic mass is 19.3. The number of aromatic nitrogens is 2. The predicted molar refractivity (Wildman–Crippen MR) is 79.5 cm³/mol. The zero-order chi connectivity index (χ0) is 17.2. The molecule has 2 fully saturated rings. The number of rotatable bonds is 5. The van der Waals surface area contributed by atoms with Crippen LogP contribution in [0.3, 0.4) is 0 Å². The molecule has 0 spiro atoms. The molecule has 2 aliphatic rings. The van der Waals surface area contributed by atoms with E-state index >= 15 is 0 Å². The molecule has 9 heteroatoms. The van der Waals surface area contributed by atoms with Gasteiger partial charge >= 0.3 is 0 Å². The summed E-state index contributed by atoms with van der Waals surface area (Å²) >= 11 is 0. The van der Waals surface area contributed by atoms with Crippen molar-refractivity contribution in [3.05, 3.63) is 18.0 Å². The van der Waals surface area contributed by atoms with Crippen molar-refractivity contribution in [3.63, 3.8) is 0 Å². The molecule has 3 heterocycles. The van der Waals surface area contributed by atoms with Gasteiger partial charge in [-0.1, -0.05) is 0 Å². The first kappa shape index (κ1) is 16.8. The molecule has 7 nitrogen and oxygen atoms in total. The second-order valence-electron chi connectivity index (χ2n) is 6.27. The van der Waals surface area contributed by atoms with E-state index in [1.54, 1.807) is 0 Å². The van der Waals surface area contributed by atoms with Crippen LogP contribution in [0, 0.1) is 5.92 Å². The van der Waals surface area contributed by atoms with Gasteiger partial charge in [-0.25, -0.2) is 8.78 Å². The first-order valence-electron chi connectivity index (χ1n) is 7.99. The number of alkyl halides is 2. The first-order chi connectivity index (χ1) is 11.5. The largest absolute Gasteiger partial charge is 0.381 e. The first-order valence-corrected chi connectivity index (χ1v) is 7.99. The van der Waals surface area contributed by atoms with Gasteiger partial charge in [0.25, 0.3) is 11.8 Å². The molecule has 2 saturated heterocycles. The van der Waals surface area contributed by atoms with E-state index in [1.165, 1.54) is 17.3 Å². The van der Waals surface area contributed by atoms with Crippen molar-refractivity contribution in [1.82, 2.24) is 20.4 Å². The number of halogens is 2. The van der Waals surface area contributed by atoms with Crippen molar-refractivity contribution in [3.8, 4) is 0 Å². The third kappa shape index (κ3) is 3.72. The van der Waals surface area contributed by atoms with Gasteiger partial charge in [-0.05, 0) is 12.8 Å². The number of likely N-dealkylation sites (tertiary alicyclic amines) is 1. The minimum atomic E-state index is -2.91. The standard InChI is InChI=1S/C15H20F2N4O3/c16-15(17)5-12(1-3-18-13(22)10-2-4-24-8-10)21(9-15)14(23)11-6-19-20-7-11/h6-7,10,12H,1-5,8-9H2,(H,18,22)(H,19,20). The van der Waals surface area contributed by atoms with E-state index in [2.05, 4.69) is 15.5 Å². The maximum absolute atomic E-state index is 13.8. The van der Waals surface area contributed by atoms with Crippen molar-refractivity contribution in [2.75, 3.05) is 26.3 Å². The average Bonchev–Trinajstić information content (AvgIpc) is 3.27. The van der Waals surface area contributed by atoms with Crippen molar-refractivity contribution in [2.45, 2.75) is 31.2 Å². The highest BCUT2D eigenvalue weighted by molar-refractivity contribution is 5.94. The van der Waals surface area contributed by atoms with E-state index in [0.717, 1.165) is 0 Å². The Morgan fingerprint density at radius 2 is 2.33 bits per heavy atom. The van der Waals surface area contributed by atoms with Crippen LogP contribution < -0.4 is 5.32 Å². The monoisotopic (exact) mass is 342 g/mol. The van der Waals surface area contributed by atoms with Crippen LogP contribution in [-0.2, 0) is 9.53 Å². The number of carbonyl (C=O) groups excluding carboxylic acids is 2. The Morgan fingerprint density at radius 3 is 3.00 bits per heavy atom. The molecule has 0 aromatic carbocycles. The molecule has 2 amide bonds. The predicted octanol–water partition coefficient (Wildman–Crippen LogP) is 0.802. The fraction of sp³-hybridized carbons (Fsp3) is 0.667. The third-order valence-corrected chi connectivity index (χ3v) is 4.46. The summed E-state index contributed by atoms with van der Waals surface area (Å²) in [6, 6.07) is -0.609. The molecule has 2 aliphatic heterocycles. The quantitative estimate of drug-likeness (QED) is 0.829. The smallest absolute Gasteiger partial charge is 0.267 e. The molecule has 0 aliphatic carbocycles. The van der Waals surface area contributed by atoms with Crippen LogP contribution >= 0.6 is 0 Å². The van der Waals surface area contributed by atoms with E-state index in [-0.39, 0.29) is 30.4 Å². The summed E-state index contributed by atoms with van der Waals surface area (Å²) in [6.07, 6.45) is 3.28. The molecule has 1 aromatic rings. The summed E-state index contributed by atoms with van der Waals surface area (Å²) in [6.45, 7) is 0.621. The van der Waals surface area contributed by atoms with Gasteiger partial charge in [-0.2, -0.15) is 5.10 Å². The molecule has 3 rings (SSSR count). The highest BCUT2D eigenvalue weighted by Gasteiger charge is 2.46. The van der Waals surface area contributed by atoms with Gasteiger partial charge in [0.1, 0.15) is 0 Å². The summed E-state index contributed by atoms with van der Waals surface area (Å²) in [7, 11) is 0. The minimum absolute atomic E-state index is 0.120. The lowest BCUT2D eigenvalue weighted by Crippen LogP contribution is -2.39. The lowest BCUT2D eigenvalue weighted by atomic mass is 10.1. The summed E-state index contributed by atoms with van der Waals surface area (Å²) in [5.41, 5.74) is 0.254. The zero-order valence-corrected chi connectivity index (χ0v) is 13.1. The molecule has 1 aromatic heterocycles. The molecule has 0 radical (unpaired) electrons. The second-order valence-corrected chi connectivity index (χ2v) is 6.27. The van der Waals surface area contributed by atoms with E-state index in [0.29, 0.717) is 26.1 Å². The van der Waals surface area contributed by atoms with Crippen LogP contribution in [0.5, 0.6) is 0 Å². The molecule has 2 atom stereocenters. The number of nitrogens with zero attached hydrogens (tertiary/aromatic N) is 2. The zero-order valence-electron chi connectivity index (χ0n) is 13.1. The Hall–Kier alpha value is -2.03. The van der Waals surface area contributed by atoms with Crippen molar-refractivity contribution in [1.29, 1.82) is 0 Å². The van der Waals surface area contributed by atoms with E-state index in [4.69, 9.17) is 4.74 Å². The van der Waals surface area contributed by atoms with Gasteiger partial charge in [-0.3, -0.25) is 14.7 Å². The Balaban J connectivity index is 1.56. The molecule has 24 heavy (non-hydrogen) atoms. The number of nitrogens with one attached hydrogen (secondary N) is 2. The fourth-order valence-electron chi connectivity index (χ4n) is 3.17. The summed E-state index contributed by atoms with van der Waals surface area (Å²) in [5, 5.41) is 8.93. The number of hydrogen-bond donors (Lipinski definition) is 2. The van der Waals surface area contributed by atoms with Gasteiger partial charge in [-0.15, -0.1) is 0 Å². The summed E-state index contributed by atoms with van der Waals surface area (Å²) in [4.78, 5) is 25.4. The second kappa shape index (κ2) is 6.84. The third-order valence-electron chi connectivity index (χ3n) is 4.46. The molecular formula is C15H20F2N4O3. The number of H-pyrrole nitrogens is 1. The summed E-state index contributed by atoms with van der Waals surface area (Å²) in [5.74, 6) is -3.67. The van der Waals surface area contributed by atoms with Crippen LogP contribution in [0.4, 0.5) is 8.78 Å². The molecular weight excluding hydrogens is 322 g/mol. The average molecular weight is 342 g/mol. The van der Waals surface area contributed by atoms with Crippen molar-refractivity contribution >= 4 is 11.8 Å². The normalized spacial score (nSPS) is 25.8. The van der Waals surface area contributed by atoms with Gasteiger partial charge < -0.3 is 15.0 Å². The minimum Gasteiger partial charge on any atom is -0.381 e. The number of carbonyl (C=O) groups is 2. The van der Waals surface area contributed by atoms with Crippen LogP contribution in [0.15, 0.2) is 12.4 Å². The molecule has 132 valence electrons. The maximum atomic E-state index is 13.8. The van der Waals surface area contributed by atoms with Gasteiger partial charge in [0.2, 0.25) is 5.91 Å². The van der Waals surface area contributed by atoms with Crippen LogP contribution in [0.1, 0.15) is 29.6 Å². The summed E-state index contributed by atoms with van der Waals surface area (Å²) < 4.78 is 32.7. The van der Waals surface area contributed by atoms with Crippen LogP contribution in [0.2, 0.25) is 0 Å². The van der Waals surface area contributed by atoms with Crippen molar-refractivity contribution in [2.24, 2.45) is 5.92 Å². The number of aromatic amines is 1. The Labute approximate surface area is 137 Å². The maximum Gasteiger partial charge on any atom is 0.267 e. The van der Waals surface area contributed by atoms with Crippen molar-refractivity contribution < 1.29 is 23.1 Å². The van der Waals surface area contributed by atoms with Gasteiger partial charge in [0.15, 0.2) is 0 Å². The molecule has 0 saturated carbocycles. The van der Waals surface area contributed by atoms with E-state index in [1.807, 2.05) is 0 Å². The number of hydrogen-bond acceptors (Lipinski definition) is 4. The van der Waals surface area contributed by atoms with Crippen LogP contribution in [0.25, 0.3) is 0 Å². The Bertz CT molecular complexity index is 588. The number of ether oxygens (including phenoxy) is 1. The lowest BCUT2D eigenvalue weighted by molar-refractivity contribution is -0.124. The lowest BCUT2D eigenvalue weighted by Gasteiger charge is -2.23. The molecule has 2 unspecified atom stereocenters. The Morgan fingerprint density at radius 1 is 1.50 bits per heavy atom. The topological polar surface area (TPSA) is 87.3 Å². The SMILES string of the molecule is O=C(NCCC1CC(F)(F)CN1C(=O)c1cn[nH]c1)C1CCOC1. The fourth-order valence-corrected chi connectivity index (χ4v) is 3.17. The van der Waals surface area contributed by atoms with E-state index in [9.17, 15) is 18.4 Å².